The van der Waals surface area contributed by atoms with Gasteiger partial charge < -0.3 is 10.2 Å². The van der Waals surface area contributed by atoms with Crippen LogP contribution in [0.3, 0.4) is 0 Å². The molecule has 1 fully saturated rings. The standard InChI is InChI=1S/C29H21BrF8N2O3/c1-15(41)20-12-18(27(32,28(33,34)35)29(36,37)38)13-21(30)24(20)39-25(42)19-8-5-9-22(23(19)31)40(14-16-10-11-16)26(43)17-6-3-2-4-7-17/h2-9,12-13,16H,10-11,14H2,1H3,(H,39,42). The van der Waals surface area contributed by atoms with Crippen LogP contribution in [0, 0.1) is 11.7 Å². The van der Waals surface area contributed by atoms with Gasteiger partial charge in [0.05, 0.1) is 16.9 Å². The monoisotopic (exact) mass is 676 g/mol. The maximum atomic E-state index is 15.8. The molecule has 43 heavy (non-hydrogen) atoms. The van der Waals surface area contributed by atoms with Gasteiger partial charge in [0.2, 0.25) is 0 Å². The summed E-state index contributed by atoms with van der Waals surface area (Å²) < 4.78 is 110. The van der Waals surface area contributed by atoms with Gasteiger partial charge in [0, 0.05) is 27.7 Å². The summed E-state index contributed by atoms with van der Waals surface area (Å²) in [5.74, 6) is -3.94. The number of alkyl halides is 7. The fraction of sp³-hybridized carbons (Fsp3) is 0.276. The summed E-state index contributed by atoms with van der Waals surface area (Å²) in [6, 6.07) is 11.7. The molecule has 0 aromatic heterocycles. The summed E-state index contributed by atoms with van der Waals surface area (Å²) in [6.45, 7) is 0.926. The molecule has 2 amide bonds. The maximum Gasteiger partial charge on any atom is 0.435 e. The van der Waals surface area contributed by atoms with E-state index < -0.39 is 68.3 Å². The molecule has 0 atom stereocenters. The Labute approximate surface area is 248 Å². The second-order valence-corrected chi connectivity index (χ2v) is 10.8. The molecule has 0 spiro atoms. The maximum absolute atomic E-state index is 15.8. The number of rotatable bonds is 8. The summed E-state index contributed by atoms with van der Waals surface area (Å²) in [6.07, 6.45) is -11.3. The predicted octanol–water partition coefficient (Wildman–Crippen LogP) is 8.39. The molecule has 0 saturated heterocycles. The molecule has 0 radical (unpaired) electrons. The minimum atomic E-state index is -6.45. The number of halogens is 9. The Kier molecular flexibility index (Phi) is 8.74. The number of hydrogen-bond donors (Lipinski definition) is 1. The van der Waals surface area contributed by atoms with Crippen molar-refractivity contribution in [3.63, 3.8) is 0 Å². The summed E-state index contributed by atoms with van der Waals surface area (Å²) >= 11 is 2.71. The van der Waals surface area contributed by atoms with Gasteiger partial charge in [-0.15, -0.1) is 0 Å². The quantitative estimate of drug-likeness (QED) is 0.193. The SMILES string of the molecule is CC(=O)c1cc(C(F)(C(F)(F)F)C(F)(F)F)cc(Br)c1NC(=O)c1cccc(N(CC2CC2)C(=O)c2ccccc2)c1F. The van der Waals surface area contributed by atoms with Gasteiger partial charge in [-0.05, 0) is 78.0 Å². The van der Waals surface area contributed by atoms with Crippen molar-refractivity contribution in [2.24, 2.45) is 5.92 Å². The average molecular weight is 677 g/mol. The zero-order valence-corrected chi connectivity index (χ0v) is 23.6. The van der Waals surface area contributed by atoms with E-state index in [1.165, 1.54) is 29.2 Å². The van der Waals surface area contributed by atoms with Crippen molar-refractivity contribution in [3.05, 3.63) is 93.2 Å². The number of ketones is 1. The Hall–Kier alpha value is -3.81. The fourth-order valence-corrected chi connectivity index (χ4v) is 4.93. The highest BCUT2D eigenvalue weighted by Crippen LogP contribution is 2.54. The third kappa shape index (κ3) is 6.29. The van der Waals surface area contributed by atoms with Crippen LogP contribution in [0.4, 0.5) is 46.5 Å². The highest BCUT2D eigenvalue weighted by molar-refractivity contribution is 9.10. The molecule has 0 unspecified atom stereocenters. The highest BCUT2D eigenvalue weighted by Gasteiger charge is 2.73. The molecular weight excluding hydrogens is 656 g/mol. The normalized spacial score (nSPS) is 13.9. The molecule has 14 heteroatoms. The molecule has 0 aliphatic heterocycles. The molecule has 0 heterocycles. The van der Waals surface area contributed by atoms with E-state index in [4.69, 9.17) is 0 Å². The van der Waals surface area contributed by atoms with E-state index in [9.17, 15) is 45.1 Å². The Morgan fingerprint density at radius 1 is 0.884 bits per heavy atom. The summed E-state index contributed by atoms with van der Waals surface area (Å²) in [4.78, 5) is 39.9. The van der Waals surface area contributed by atoms with E-state index in [1.54, 1.807) is 18.2 Å². The summed E-state index contributed by atoms with van der Waals surface area (Å²) in [5, 5.41) is 2.12. The van der Waals surface area contributed by atoms with E-state index in [-0.39, 0.29) is 35.8 Å². The van der Waals surface area contributed by atoms with E-state index in [0.29, 0.717) is 0 Å². The molecule has 1 saturated carbocycles. The molecule has 1 N–H and O–H groups in total. The van der Waals surface area contributed by atoms with E-state index in [1.807, 2.05) is 0 Å². The van der Waals surface area contributed by atoms with Crippen LogP contribution in [0.2, 0.25) is 0 Å². The van der Waals surface area contributed by atoms with Crippen LogP contribution in [0.25, 0.3) is 0 Å². The number of benzene rings is 3. The van der Waals surface area contributed by atoms with Crippen LogP contribution in [-0.4, -0.2) is 36.5 Å². The van der Waals surface area contributed by atoms with Crippen LogP contribution >= 0.6 is 15.9 Å². The second-order valence-electron chi connectivity index (χ2n) is 9.91. The summed E-state index contributed by atoms with van der Waals surface area (Å²) in [5.41, 5.74) is -9.94. The van der Waals surface area contributed by atoms with Gasteiger partial charge in [-0.3, -0.25) is 14.4 Å². The van der Waals surface area contributed by atoms with Crippen LogP contribution in [0.5, 0.6) is 0 Å². The Morgan fingerprint density at radius 3 is 2.02 bits per heavy atom. The smallest absolute Gasteiger partial charge is 0.320 e. The van der Waals surface area contributed by atoms with Gasteiger partial charge in [0.15, 0.2) is 11.6 Å². The first-order valence-electron chi connectivity index (χ1n) is 12.6. The first-order chi connectivity index (χ1) is 20.0. The third-order valence-electron chi connectivity index (χ3n) is 6.80. The molecule has 1 aliphatic rings. The third-order valence-corrected chi connectivity index (χ3v) is 7.43. The van der Waals surface area contributed by atoms with Crippen LogP contribution in [-0.2, 0) is 5.67 Å². The lowest BCUT2D eigenvalue weighted by molar-refractivity contribution is -0.348. The zero-order valence-electron chi connectivity index (χ0n) is 22.0. The first-order valence-corrected chi connectivity index (χ1v) is 13.4. The lowest BCUT2D eigenvalue weighted by atomic mass is 9.91. The van der Waals surface area contributed by atoms with Crippen LogP contribution < -0.4 is 10.2 Å². The number of anilines is 2. The molecule has 3 aromatic rings. The molecule has 228 valence electrons. The van der Waals surface area contributed by atoms with Gasteiger partial charge >= 0.3 is 18.0 Å². The van der Waals surface area contributed by atoms with Gasteiger partial charge in [0.1, 0.15) is 0 Å². The van der Waals surface area contributed by atoms with Crippen molar-refractivity contribution in [3.8, 4) is 0 Å². The van der Waals surface area contributed by atoms with Crippen molar-refractivity contribution in [1.82, 2.24) is 0 Å². The minimum absolute atomic E-state index is 0.0341. The van der Waals surface area contributed by atoms with Gasteiger partial charge in [-0.2, -0.15) is 26.3 Å². The van der Waals surface area contributed by atoms with Crippen molar-refractivity contribution >= 4 is 44.9 Å². The number of nitrogens with one attached hydrogen (secondary N) is 1. The number of carbonyl (C=O) groups excluding carboxylic acids is 3. The second kappa shape index (κ2) is 11.7. The fourth-order valence-electron chi connectivity index (χ4n) is 4.37. The van der Waals surface area contributed by atoms with Gasteiger partial charge in [-0.25, -0.2) is 8.78 Å². The lowest BCUT2D eigenvalue weighted by Gasteiger charge is -2.31. The van der Waals surface area contributed by atoms with Crippen LogP contribution in [0.15, 0.2) is 65.1 Å². The number of hydrogen-bond acceptors (Lipinski definition) is 3. The average Bonchev–Trinajstić information content (AvgIpc) is 3.75. The lowest BCUT2D eigenvalue weighted by Crippen LogP contribution is -2.50. The van der Waals surface area contributed by atoms with Gasteiger partial charge in [0.25, 0.3) is 11.8 Å². The Bertz CT molecular complexity index is 1560. The molecule has 4 rings (SSSR count). The zero-order chi connectivity index (χ0) is 31.9. The van der Waals surface area contributed by atoms with Crippen molar-refractivity contribution in [2.45, 2.75) is 37.8 Å². The molecule has 5 nitrogen and oxygen atoms in total. The molecule has 1 aliphatic carbocycles. The van der Waals surface area contributed by atoms with E-state index in [0.717, 1.165) is 25.8 Å². The Morgan fingerprint density at radius 2 is 1.49 bits per heavy atom. The Balaban J connectivity index is 1.74. The number of amides is 2. The highest BCUT2D eigenvalue weighted by atomic mass is 79.9. The topological polar surface area (TPSA) is 66.5 Å². The molecule has 0 bridgehead atoms. The van der Waals surface area contributed by atoms with E-state index >= 15 is 4.39 Å². The molecular formula is C29H21BrF8N2O3. The number of nitrogens with zero attached hydrogens (tertiary/aromatic N) is 1. The summed E-state index contributed by atoms with van der Waals surface area (Å²) in [7, 11) is 0. The van der Waals surface area contributed by atoms with E-state index in [2.05, 4.69) is 21.2 Å². The number of Topliss-reactive ketones (excluding diaryl/α,β-unsaturated/α-hetero) is 1. The minimum Gasteiger partial charge on any atom is -0.320 e. The predicted molar refractivity (Wildman–Crippen MR) is 144 cm³/mol. The van der Waals surface area contributed by atoms with Crippen molar-refractivity contribution in [1.29, 1.82) is 0 Å². The van der Waals surface area contributed by atoms with Crippen molar-refractivity contribution < 1.29 is 49.5 Å². The number of carbonyl (C=O) groups is 3. The van der Waals surface area contributed by atoms with Gasteiger partial charge in [-0.1, -0.05) is 24.3 Å². The first kappa shape index (κ1) is 32.1. The van der Waals surface area contributed by atoms with Crippen molar-refractivity contribution in [2.75, 3.05) is 16.8 Å². The molecule has 3 aromatic carbocycles. The van der Waals surface area contributed by atoms with Crippen LogP contribution in [0.1, 0.15) is 56.4 Å². The largest absolute Gasteiger partial charge is 0.435 e.